The average molecular weight is 474 g/mol. The molecule has 182 valence electrons. The zero-order valence-corrected chi connectivity index (χ0v) is 21.3. The number of halogens is 1. The molecule has 0 fully saturated rings. The summed E-state index contributed by atoms with van der Waals surface area (Å²) in [5.41, 5.74) is 1.59. The topological polar surface area (TPSA) is 42.2 Å². The van der Waals surface area contributed by atoms with E-state index in [0.29, 0.717) is 29.5 Å². The Kier molecular flexibility index (Phi) is 13.6. The molecular formula is C28H42ClN2O2+. The van der Waals surface area contributed by atoms with Crippen molar-refractivity contribution in [1.29, 1.82) is 0 Å². The normalized spacial score (nSPS) is 10.9. The maximum Gasteiger partial charge on any atom is 0.252 e. The quantitative estimate of drug-likeness (QED) is 0.195. The Hall–Kier alpha value is -2.07. The van der Waals surface area contributed by atoms with Gasteiger partial charge in [-0.3, -0.25) is 4.79 Å². The molecule has 0 radical (unpaired) electrons. The molecule has 2 aromatic rings. The average Bonchev–Trinajstić information content (AvgIpc) is 2.82. The first-order valence-electron chi connectivity index (χ1n) is 12.7. The molecule has 1 amide bonds. The molecule has 0 aliphatic heterocycles. The number of nitrogens with zero attached hydrogens (tertiary/aromatic N) is 1. The lowest BCUT2D eigenvalue weighted by Gasteiger charge is -2.10. The monoisotopic (exact) mass is 473 g/mol. The fourth-order valence-electron chi connectivity index (χ4n) is 3.83. The summed E-state index contributed by atoms with van der Waals surface area (Å²) in [7, 11) is 1.92. The molecule has 0 aliphatic carbocycles. The highest BCUT2D eigenvalue weighted by Crippen LogP contribution is 2.26. The molecule has 33 heavy (non-hydrogen) atoms. The summed E-state index contributed by atoms with van der Waals surface area (Å²) in [5.74, 6) is 0.615. The predicted molar refractivity (Wildman–Crippen MR) is 137 cm³/mol. The number of carbonyl (C=O) groups is 1. The van der Waals surface area contributed by atoms with Gasteiger partial charge in [0, 0.05) is 18.7 Å². The number of amides is 1. The molecule has 1 heterocycles. The molecule has 1 aromatic heterocycles. The molecule has 0 saturated heterocycles. The summed E-state index contributed by atoms with van der Waals surface area (Å²) in [6.07, 6.45) is 19.7. The molecule has 0 atom stereocenters. The van der Waals surface area contributed by atoms with E-state index in [1.807, 2.05) is 42.2 Å². The van der Waals surface area contributed by atoms with Gasteiger partial charge < -0.3 is 10.1 Å². The van der Waals surface area contributed by atoms with Crippen molar-refractivity contribution in [3.8, 4) is 5.75 Å². The minimum Gasteiger partial charge on any atom is -0.492 e. The van der Waals surface area contributed by atoms with Crippen molar-refractivity contribution < 1.29 is 14.1 Å². The molecule has 4 nitrogen and oxygen atoms in total. The van der Waals surface area contributed by atoms with E-state index in [2.05, 4.69) is 12.2 Å². The summed E-state index contributed by atoms with van der Waals surface area (Å²) in [6.45, 7) is 3.39. The summed E-state index contributed by atoms with van der Waals surface area (Å²) < 4.78 is 7.76. The van der Waals surface area contributed by atoms with Crippen molar-refractivity contribution in [2.45, 2.75) is 90.5 Å². The molecule has 0 saturated carbocycles. The van der Waals surface area contributed by atoms with E-state index in [-0.39, 0.29) is 5.91 Å². The Morgan fingerprint density at radius 2 is 1.45 bits per heavy atom. The minimum atomic E-state index is -0.0981. The summed E-state index contributed by atoms with van der Waals surface area (Å²) in [4.78, 5) is 12.3. The lowest BCUT2D eigenvalue weighted by atomic mass is 10.1. The van der Waals surface area contributed by atoms with Crippen LogP contribution in [0.1, 0.15) is 99.9 Å². The van der Waals surface area contributed by atoms with Crippen LogP contribution in [0.2, 0.25) is 5.02 Å². The second-order valence-corrected chi connectivity index (χ2v) is 9.34. The number of hydrogen-bond acceptors (Lipinski definition) is 2. The maximum absolute atomic E-state index is 12.3. The minimum absolute atomic E-state index is 0.0981. The fraction of sp³-hybridized carbons (Fsp3) is 0.571. The molecule has 0 unspecified atom stereocenters. The van der Waals surface area contributed by atoms with Crippen LogP contribution < -0.4 is 14.6 Å². The first-order valence-corrected chi connectivity index (χ1v) is 13.1. The molecule has 5 heteroatoms. The Labute approximate surface area is 205 Å². The van der Waals surface area contributed by atoms with Gasteiger partial charge in [-0.15, -0.1) is 0 Å². The van der Waals surface area contributed by atoms with Gasteiger partial charge in [-0.05, 0) is 24.1 Å². The van der Waals surface area contributed by atoms with E-state index in [9.17, 15) is 4.79 Å². The van der Waals surface area contributed by atoms with Crippen LogP contribution in [-0.2, 0) is 13.6 Å². The number of ether oxygens (including phenoxy) is 1. The SMILES string of the molecule is CCCCCCCCCCCCCCOc1ccc(CNC(=O)c2cc[n+](C)cc2)cc1Cl. The van der Waals surface area contributed by atoms with E-state index >= 15 is 0 Å². The van der Waals surface area contributed by atoms with Gasteiger partial charge in [0.05, 0.1) is 17.2 Å². The van der Waals surface area contributed by atoms with Gasteiger partial charge in [-0.2, -0.15) is 0 Å². The first-order chi connectivity index (χ1) is 16.1. The van der Waals surface area contributed by atoms with E-state index in [1.165, 1.54) is 70.6 Å². The number of hydrogen-bond donors (Lipinski definition) is 1. The zero-order valence-electron chi connectivity index (χ0n) is 20.6. The van der Waals surface area contributed by atoms with Gasteiger partial charge in [0.15, 0.2) is 12.4 Å². The highest BCUT2D eigenvalue weighted by Gasteiger charge is 2.08. The Bertz CT molecular complexity index is 808. The predicted octanol–water partition coefficient (Wildman–Crippen LogP) is 7.17. The highest BCUT2D eigenvalue weighted by molar-refractivity contribution is 6.32. The van der Waals surface area contributed by atoms with Gasteiger partial charge in [-0.1, -0.05) is 95.2 Å². The molecule has 0 bridgehead atoms. The van der Waals surface area contributed by atoms with E-state index in [1.54, 1.807) is 12.1 Å². The number of benzene rings is 1. The van der Waals surface area contributed by atoms with Crippen molar-refractivity contribution in [2.24, 2.45) is 7.05 Å². The number of aryl methyl sites for hydroxylation is 1. The van der Waals surface area contributed by atoms with E-state index in [4.69, 9.17) is 16.3 Å². The molecule has 2 rings (SSSR count). The van der Waals surface area contributed by atoms with Crippen LogP contribution in [0.25, 0.3) is 0 Å². The van der Waals surface area contributed by atoms with Crippen molar-refractivity contribution in [3.05, 3.63) is 58.9 Å². The third-order valence-electron chi connectivity index (χ3n) is 5.95. The van der Waals surface area contributed by atoms with Crippen LogP contribution in [0, 0.1) is 0 Å². The molecule has 0 spiro atoms. The number of unbranched alkanes of at least 4 members (excludes halogenated alkanes) is 11. The standard InChI is InChI=1S/C28H41ClN2O2/c1-3-4-5-6-7-8-9-10-11-12-13-14-21-33-27-16-15-24(22-26(27)29)23-30-28(32)25-17-19-31(2)20-18-25/h15-20,22H,3-14,21,23H2,1-2H3/p+1. The first kappa shape index (κ1) is 27.2. The van der Waals surface area contributed by atoms with Gasteiger partial charge in [0.2, 0.25) is 0 Å². The van der Waals surface area contributed by atoms with Gasteiger partial charge in [-0.25, -0.2) is 4.57 Å². The van der Waals surface area contributed by atoms with Crippen LogP contribution >= 0.6 is 11.6 Å². The number of aromatic nitrogens is 1. The highest BCUT2D eigenvalue weighted by atomic mass is 35.5. The van der Waals surface area contributed by atoms with Gasteiger partial charge in [0.25, 0.3) is 5.91 Å². The van der Waals surface area contributed by atoms with Crippen molar-refractivity contribution in [3.63, 3.8) is 0 Å². The van der Waals surface area contributed by atoms with E-state index in [0.717, 1.165) is 12.0 Å². The largest absolute Gasteiger partial charge is 0.492 e. The summed E-state index contributed by atoms with van der Waals surface area (Å²) >= 11 is 6.39. The smallest absolute Gasteiger partial charge is 0.252 e. The molecular weight excluding hydrogens is 432 g/mol. The third-order valence-corrected chi connectivity index (χ3v) is 6.24. The number of carbonyl (C=O) groups excluding carboxylic acids is 1. The maximum atomic E-state index is 12.3. The second kappa shape index (κ2) is 16.5. The molecule has 1 aromatic carbocycles. The number of rotatable bonds is 17. The van der Waals surface area contributed by atoms with Crippen LogP contribution in [0.3, 0.4) is 0 Å². The Balaban J connectivity index is 1.54. The van der Waals surface area contributed by atoms with Crippen molar-refractivity contribution in [2.75, 3.05) is 6.61 Å². The summed E-state index contributed by atoms with van der Waals surface area (Å²) in [5, 5.41) is 3.52. The number of nitrogens with one attached hydrogen (secondary N) is 1. The van der Waals surface area contributed by atoms with Gasteiger partial charge in [0.1, 0.15) is 12.8 Å². The zero-order chi connectivity index (χ0) is 23.7. The molecule has 0 aliphatic rings. The second-order valence-electron chi connectivity index (χ2n) is 8.94. The van der Waals surface area contributed by atoms with Crippen LogP contribution in [0.4, 0.5) is 0 Å². The number of pyridine rings is 1. The van der Waals surface area contributed by atoms with E-state index < -0.39 is 0 Å². The molecule has 1 N–H and O–H groups in total. The van der Waals surface area contributed by atoms with Crippen LogP contribution in [-0.4, -0.2) is 12.5 Å². The fourth-order valence-corrected chi connectivity index (χ4v) is 4.09. The van der Waals surface area contributed by atoms with Crippen molar-refractivity contribution >= 4 is 17.5 Å². The third kappa shape index (κ3) is 11.6. The van der Waals surface area contributed by atoms with Gasteiger partial charge >= 0.3 is 0 Å². The van der Waals surface area contributed by atoms with Crippen molar-refractivity contribution in [1.82, 2.24) is 5.32 Å². The lowest BCUT2D eigenvalue weighted by molar-refractivity contribution is -0.671. The summed E-state index contributed by atoms with van der Waals surface area (Å²) in [6, 6.07) is 9.32. The Morgan fingerprint density at radius 1 is 0.879 bits per heavy atom. The lowest BCUT2D eigenvalue weighted by Crippen LogP contribution is -2.28. The van der Waals surface area contributed by atoms with Crippen LogP contribution in [0.5, 0.6) is 5.75 Å². The van der Waals surface area contributed by atoms with Crippen LogP contribution in [0.15, 0.2) is 42.7 Å². The Morgan fingerprint density at radius 3 is 2.03 bits per heavy atom.